The molecule has 0 aliphatic rings. The van der Waals surface area contributed by atoms with Gasteiger partial charge in [-0.1, -0.05) is 0 Å². The van der Waals surface area contributed by atoms with E-state index in [0.717, 1.165) is 0 Å². The number of nitrogens with one attached hydrogen (secondary N) is 2. The van der Waals surface area contributed by atoms with Crippen molar-refractivity contribution < 1.29 is 14.8 Å². The highest BCUT2D eigenvalue weighted by atomic mass is 16.6. The van der Waals surface area contributed by atoms with Crippen LogP contribution in [0, 0.1) is 10.1 Å². The molecular formula is C14H14N4O4. The molecule has 0 unspecified atom stereocenters. The van der Waals surface area contributed by atoms with Gasteiger partial charge < -0.3 is 15.7 Å². The Bertz CT molecular complexity index is 656. The quantitative estimate of drug-likeness (QED) is 0.551. The van der Waals surface area contributed by atoms with E-state index in [1.54, 1.807) is 12.1 Å². The second kappa shape index (κ2) is 7.14. The minimum absolute atomic E-state index is 0.000309. The number of nitro groups is 1. The molecule has 0 spiro atoms. The molecule has 114 valence electrons. The molecule has 1 aromatic heterocycles. The van der Waals surface area contributed by atoms with E-state index >= 15 is 0 Å². The fourth-order valence-corrected chi connectivity index (χ4v) is 1.69. The molecular weight excluding hydrogens is 288 g/mol. The van der Waals surface area contributed by atoms with Crippen LogP contribution >= 0.6 is 0 Å². The zero-order valence-electron chi connectivity index (χ0n) is 11.5. The van der Waals surface area contributed by atoms with Crippen LogP contribution in [0.15, 0.2) is 42.6 Å². The van der Waals surface area contributed by atoms with Gasteiger partial charge in [0, 0.05) is 24.2 Å². The van der Waals surface area contributed by atoms with Gasteiger partial charge in [-0.2, -0.15) is 0 Å². The van der Waals surface area contributed by atoms with Crippen molar-refractivity contribution in [2.75, 3.05) is 23.8 Å². The highest BCUT2D eigenvalue weighted by molar-refractivity contribution is 6.04. The number of rotatable bonds is 6. The summed E-state index contributed by atoms with van der Waals surface area (Å²) in [6.07, 6.45) is 1.48. The van der Waals surface area contributed by atoms with Crippen LogP contribution < -0.4 is 10.6 Å². The molecule has 3 N–H and O–H groups in total. The SMILES string of the molecule is O=C(Nc1ccc(NCCO)nc1)c1ccc([N+](=O)[O-])cc1. The highest BCUT2D eigenvalue weighted by Gasteiger charge is 2.09. The molecule has 0 aliphatic heterocycles. The fourth-order valence-electron chi connectivity index (χ4n) is 1.69. The molecule has 0 bridgehead atoms. The Kier molecular flexibility index (Phi) is 4.99. The second-order valence-corrected chi connectivity index (χ2v) is 4.34. The first-order valence-electron chi connectivity index (χ1n) is 6.47. The van der Waals surface area contributed by atoms with E-state index in [4.69, 9.17) is 5.11 Å². The van der Waals surface area contributed by atoms with Gasteiger partial charge in [-0.3, -0.25) is 14.9 Å². The third-order valence-electron chi connectivity index (χ3n) is 2.78. The first-order chi connectivity index (χ1) is 10.6. The van der Waals surface area contributed by atoms with Crippen LogP contribution in [0.4, 0.5) is 17.2 Å². The average molecular weight is 302 g/mol. The molecule has 0 atom stereocenters. The Labute approximate surface area is 126 Å². The number of aliphatic hydroxyl groups excluding tert-OH is 1. The summed E-state index contributed by atoms with van der Waals surface area (Å²) in [6.45, 7) is 0.391. The number of nitrogens with zero attached hydrogens (tertiary/aromatic N) is 2. The van der Waals surface area contributed by atoms with Crippen LogP contribution in [0.2, 0.25) is 0 Å². The Morgan fingerprint density at radius 3 is 2.50 bits per heavy atom. The molecule has 2 rings (SSSR count). The normalized spacial score (nSPS) is 10.0. The largest absolute Gasteiger partial charge is 0.395 e. The van der Waals surface area contributed by atoms with Crippen molar-refractivity contribution in [1.82, 2.24) is 4.98 Å². The Morgan fingerprint density at radius 1 is 1.23 bits per heavy atom. The van der Waals surface area contributed by atoms with E-state index < -0.39 is 4.92 Å². The predicted molar refractivity (Wildman–Crippen MR) is 80.9 cm³/mol. The summed E-state index contributed by atoms with van der Waals surface area (Å²) in [7, 11) is 0. The third kappa shape index (κ3) is 4.00. The summed E-state index contributed by atoms with van der Waals surface area (Å²) in [5.74, 6) is 0.204. The average Bonchev–Trinajstić information content (AvgIpc) is 2.54. The summed E-state index contributed by atoms with van der Waals surface area (Å²) in [5.41, 5.74) is 0.739. The highest BCUT2D eigenvalue weighted by Crippen LogP contribution is 2.14. The Hall–Kier alpha value is -3.00. The maximum Gasteiger partial charge on any atom is 0.269 e. The third-order valence-corrected chi connectivity index (χ3v) is 2.78. The molecule has 1 aromatic carbocycles. The smallest absolute Gasteiger partial charge is 0.269 e. The molecule has 0 fully saturated rings. The molecule has 0 aliphatic carbocycles. The summed E-state index contributed by atoms with van der Waals surface area (Å²) in [5, 5.41) is 24.8. The zero-order valence-corrected chi connectivity index (χ0v) is 11.5. The maximum absolute atomic E-state index is 12.0. The number of hydrogen-bond acceptors (Lipinski definition) is 6. The van der Waals surface area contributed by atoms with Gasteiger partial charge in [-0.25, -0.2) is 4.98 Å². The van der Waals surface area contributed by atoms with Crippen molar-refractivity contribution >= 4 is 23.1 Å². The van der Waals surface area contributed by atoms with Crippen LogP contribution in [0.25, 0.3) is 0 Å². The number of nitro benzene ring substituents is 1. The van der Waals surface area contributed by atoms with E-state index in [1.165, 1.54) is 30.5 Å². The van der Waals surface area contributed by atoms with Gasteiger partial charge in [0.25, 0.3) is 11.6 Å². The van der Waals surface area contributed by atoms with Gasteiger partial charge in [-0.15, -0.1) is 0 Å². The summed E-state index contributed by atoms with van der Waals surface area (Å²) >= 11 is 0. The molecule has 8 heteroatoms. The van der Waals surface area contributed by atoms with Crippen LogP contribution in [0.3, 0.4) is 0 Å². The monoisotopic (exact) mass is 302 g/mol. The van der Waals surface area contributed by atoms with Gasteiger partial charge in [0.1, 0.15) is 5.82 Å². The predicted octanol–water partition coefficient (Wildman–Crippen LogP) is 1.65. The minimum atomic E-state index is -0.524. The lowest BCUT2D eigenvalue weighted by Gasteiger charge is -2.07. The number of pyridine rings is 1. The van der Waals surface area contributed by atoms with Crippen molar-refractivity contribution in [3.63, 3.8) is 0 Å². The molecule has 0 radical (unpaired) electrons. The van der Waals surface area contributed by atoms with Gasteiger partial charge in [-0.05, 0) is 24.3 Å². The van der Waals surface area contributed by atoms with E-state index in [9.17, 15) is 14.9 Å². The fraction of sp³-hybridized carbons (Fsp3) is 0.143. The van der Waals surface area contributed by atoms with Crippen molar-refractivity contribution in [3.05, 3.63) is 58.3 Å². The van der Waals surface area contributed by atoms with Crippen LogP contribution in [0.1, 0.15) is 10.4 Å². The van der Waals surface area contributed by atoms with E-state index in [-0.39, 0.29) is 18.2 Å². The topological polar surface area (TPSA) is 117 Å². The number of carbonyl (C=O) groups is 1. The van der Waals surface area contributed by atoms with Crippen LogP contribution in [-0.2, 0) is 0 Å². The van der Waals surface area contributed by atoms with Crippen molar-refractivity contribution in [2.24, 2.45) is 0 Å². The van der Waals surface area contributed by atoms with E-state index in [0.29, 0.717) is 23.6 Å². The summed E-state index contributed by atoms with van der Waals surface area (Å²) in [6, 6.07) is 8.65. The lowest BCUT2D eigenvalue weighted by molar-refractivity contribution is -0.384. The van der Waals surface area contributed by atoms with Crippen molar-refractivity contribution in [1.29, 1.82) is 0 Å². The van der Waals surface area contributed by atoms with Gasteiger partial charge >= 0.3 is 0 Å². The zero-order chi connectivity index (χ0) is 15.9. The van der Waals surface area contributed by atoms with E-state index in [2.05, 4.69) is 15.6 Å². The second-order valence-electron chi connectivity index (χ2n) is 4.34. The summed E-state index contributed by atoms with van der Waals surface area (Å²) < 4.78 is 0. The van der Waals surface area contributed by atoms with Gasteiger partial charge in [0.05, 0.1) is 23.4 Å². The van der Waals surface area contributed by atoms with Crippen LogP contribution in [0.5, 0.6) is 0 Å². The lowest BCUT2D eigenvalue weighted by Crippen LogP contribution is -2.12. The summed E-state index contributed by atoms with van der Waals surface area (Å²) in [4.78, 5) is 26.1. The van der Waals surface area contributed by atoms with E-state index in [1.807, 2.05) is 0 Å². The molecule has 1 heterocycles. The first kappa shape index (κ1) is 15.4. The number of carbonyl (C=O) groups excluding carboxylic acids is 1. The minimum Gasteiger partial charge on any atom is -0.395 e. The number of aliphatic hydroxyl groups is 1. The standard InChI is InChI=1S/C14H14N4O4/c19-8-7-15-13-6-3-11(9-16-13)17-14(20)10-1-4-12(5-2-10)18(21)22/h1-6,9,19H,7-8H2,(H,15,16)(H,17,20). The van der Waals surface area contributed by atoms with Crippen LogP contribution in [-0.4, -0.2) is 34.1 Å². The maximum atomic E-state index is 12.0. The molecule has 2 aromatic rings. The van der Waals surface area contributed by atoms with Crippen molar-refractivity contribution in [3.8, 4) is 0 Å². The number of non-ortho nitro benzene ring substituents is 1. The van der Waals surface area contributed by atoms with Crippen molar-refractivity contribution in [2.45, 2.75) is 0 Å². The Morgan fingerprint density at radius 2 is 1.95 bits per heavy atom. The van der Waals surface area contributed by atoms with Gasteiger partial charge in [0.2, 0.25) is 0 Å². The van der Waals surface area contributed by atoms with Gasteiger partial charge in [0.15, 0.2) is 0 Å². The molecule has 0 saturated carbocycles. The molecule has 0 saturated heterocycles. The number of aromatic nitrogens is 1. The number of hydrogen-bond donors (Lipinski definition) is 3. The Balaban J connectivity index is 2.00. The molecule has 22 heavy (non-hydrogen) atoms. The number of benzene rings is 1. The first-order valence-corrected chi connectivity index (χ1v) is 6.47. The molecule has 1 amide bonds. The number of amides is 1. The number of anilines is 2. The molecule has 8 nitrogen and oxygen atoms in total. The lowest BCUT2D eigenvalue weighted by atomic mass is 10.2.